The number of imidazole rings is 1. The van der Waals surface area contributed by atoms with Crippen LogP contribution >= 0.6 is 0 Å². The van der Waals surface area contributed by atoms with Crippen LogP contribution in [0.4, 0.5) is 0 Å². The number of quaternary nitrogens is 1. The molecule has 1 aliphatic heterocycles. The molecule has 0 aromatic carbocycles. The third kappa shape index (κ3) is 2.15. The number of fused-ring (bicyclic) bond motifs is 1. The van der Waals surface area contributed by atoms with E-state index in [9.17, 15) is 0 Å². The van der Waals surface area contributed by atoms with E-state index < -0.39 is 0 Å². The predicted octanol–water partition coefficient (Wildman–Crippen LogP) is 1.68. The quantitative estimate of drug-likeness (QED) is 0.853. The van der Waals surface area contributed by atoms with Crippen molar-refractivity contribution in [3.63, 3.8) is 0 Å². The van der Waals surface area contributed by atoms with Crippen molar-refractivity contribution in [1.29, 1.82) is 0 Å². The molecule has 3 heterocycles. The van der Waals surface area contributed by atoms with Crippen molar-refractivity contribution >= 4 is 5.65 Å². The zero-order chi connectivity index (χ0) is 12.5. The second-order valence-electron chi connectivity index (χ2n) is 5.68. The lowest BCUT2D eigenvalue weighted by atomic mass is 9.97. The minimum atomic E-state index is 0.763. The van der Waals surface area contributed by atoms with Crippen LogP contribution < -0.4 is 4.90 Å². The van der Waals surface area contributed by atoms with Gasteiger partial charge in [0, 0.05) is 12.4 Å². The molecule has 3 nitrogen and oxygen atoms in total. The van der Waals surface area contributed by atoms with Gasteiger partial charge in [0.05, 0.1) is 12.1 Å². The van der Waals surface area contributed by atoms with E-state index in [-0.39, 0.29) is 0 Å². The van der Waals surface area contributed by atoms with Gasteiger partial charge in [0.1, 0.15) is 17.9 Å². The molecule has 0 spiro atoms. The minimum absolute atomic E-state index is 0.763. The van der Waals surface area contributed by atoms with Gasteiger partial charge < -0.3 is 9.30 Å². The van der Waals surface area contributed by atoms with E-state index in [4.69, 9.17) is 4.98 Å². The van der Waals surface area contributed by atoms with Crippen LogP contribution in [0.3, 0.4) is 0 Å². The Morgan fingerprint density at radius 2 is 2.06 bits per heavy atom. The Kier molecular flexibility index (Phi) is 3.08. The van der Waals surface area contributed by atoms with E-state index in [0.717, 1.165) is 24.3 Å². The Balaban J connectivity index is 1.82. The first kappa shape index (κ1) is 11.7. The minimum Gasteiger partial charge on any atom is -0.325 e. The summed E-state index contributed by atoms with van der Waals surface area (Å²) in [5.74, 6) is 0. The summed E-state index contributed by atoms with van der Waals surface area (Å²) >= 11 is 0. The maximum absolute atomic E-state index is 4.72. The van der Waals surface area contributed by atoms with Crippen molar-refractivity contribution in [2.45, 2.75) is 51.7 Å². The maximum Gasteiger partial charge on any atom is 0.137 e. The van der Waals surface area contributed by atoms with Crippen LogP contribution in [0.15, 0.2) is 30.6 Å². The number of nitrogens with zero attached hydrogens (tertiary/aromatic N) is 2. The molecule has 1 saturated heterocycles. The molecule has 96 valence electrons. The lowest BCUT2D eigenvalue weighted by Crippen LogP contribution is -3.18. The van der Waals surface area contributed by atoms with Crippen LogP contribution in [0.25, 0.3) is 5.65 Å². The third-order valence-electron chi connectivity index (χ3n) is 4.34. The summed E-state index contributed by atoms with van der Waals surface area (Å²) < 4.78 is 2.12. The molecule has 1 N–H and O–H groups in total. The van der Waals surface area contributed by atoms with E-state index in [1.54, 1.807) is 4.90 Å². The average Bonchev–Trinajstić information content (AvgIpc) is 2.76. The molecule has 3 heteroatoms. The van der Waals surface area contributed by atoms with Crippen LogP contribution in [0.5, 0.6) is 0 Å². The second-order valence-corrected chi connectivity index (χ2v) is 5.68. The molecule has 1 aliphatic rings. The van der Waals surface area contributed by atoms with E-state index >= 15 is 0 Å². The number of hydrogen-bond acceptors (Lipinski definition) is 1. The Hall–Kier alpha value is -1.35. The number of likely N-dealkylation sites (tertiary alicyclic amines) is 1. The Morgan fingerprint density at radius 3 is 2.78 bits per heavy atom. The zero-order valence-electron chi connectivity index (χ0n) is 11.3. The van der Waals surface area contributed by atoms with Crippen molar-refractivity contribution in [2.75, 3.05) is 0 Å². The Morgan fingerprint density at radius 1 is 1.28 bits per heavy atom. The molecule has 0 radical (unpaired) electrons. The smallest absolute Gasteiger partial charge is 0.137 e. The van der Waals surface area contributed by atoms with Gasteiger partial charge >= 0.3 is 0 Å². The molecule has 0 aliphatic carbocycles. The first-order chi connectivity index (χ1) is 8.74. The molecule has 0 amide bonds. The van der Waals surface area contributed by atoms with Crippen LogP contribution in [-0.4, -0.2) is 21.5 Å². The second kappa shape index (κ2) is 4.73. The van der Waals surface area contributed by atoms with Gasteiger partial charge in [-0.15, -0.1) is 0 Å². The monoisotopic (exact) mass is 244 g/mol. The summed E-state index contributed by atoms with van der Waals surface area (Å²) in [5.41, 5.74) is 2.28. The zero-order valence-corrected chi connectivity index (χ0v) is 11.3. The summed E-state index contributed by atoms with van der Waals surface area (Å²) in [5, 5.41) is 0. The fourth-order valence-electron chi connectivity index (χ4n) is 3.22. The summed E-state index contributed by atoms with van der Waals surface area (Å²) in [4.78, 5) is 6.42. The average molecular weight is 244 g/mol. The summed E-state index contributed by atoms with van der Waals surface area (Å²) in [6.07, 6.45) is 8.34. The molecule has 1 fully saturated rings. The lowest BCUT2D eigenvalue weighted by molar-refractivity contribution is -0.964. The highest BCUT2D eigenvalue weighted by molar-refractivity contribution is 5.39. The van der Waals surface area contributed by atoms with Crippen molar-refractivity contribution in [1.82, 2.24) is 9.38 Å². The van der Waals surface area contributed by atoms with Crippen LogP contribution in [0, 0.1) is 0 Å². The van der Waals surface area contributed by atoms with Crippen molar-refractivity contribution in [3.8, 4) is 0 Å². The molecular formula is C15H22N3+. The van der Waals surface area contributed by atoms with Gasteiger partial charge in [-0.1, -0.05) is 6.07 Å². The molecular weight excluding hydrogens is 222 g/mol. The van der Waals surface area contributed by atoms with Gasteiger partial charge in [-0.2, -0.15) is 0 Å². The summed E-state index contributed by atoms with van der Waals surface area (Å²) in [6.45, 7) is 5.81. The van der Waals surface area contributed by atoms with Crippen LogP contribution in [0.1, 0.15) is 38.8 Å². The first-order valence-corrected chi connectivity index (χ1v) is 7.02. The standard InChI is InChI=1S/C15H21N3/c1-12-6-5-7-13(2)18(12)11-14-10-17-9-4-3-8-15(17)16-14/h3-4,8-10,12-13H,5-7,11H2,1-2H3/p+1/t12-,13-/m0/s1. The van der Waals surface area contributed by atoms with Gasteiger partial charge in [-0.25, -0.2) is 4.98 Å². The molecule has 2 aromatic rings. The number of aromatic nitrogens is 2. The van der Waals surface area contributed by atoms with Crippen LogP contribution in [-0.2, 0) is 6.54 Å². The highest BCUT2D eigenvalue weighted by Crippen LogP contribution is 2.09. The number of hydrogen-bond donors (Lipinski definition) is 1. The molecule has 18 heavy (non-hydrogen) atoms. The van der Waals surface area contributed by atoms with E-state index in [1.165, 1.54) is 25.0 Å². The number of piperidine rings is 1. The Labute approximate surface area is 108 Å². The molecule has 0 bridgehead atoms. The van der Waals surface area contributed by atoms with E-state index in [0.29, 0.717) is 0 Å². The largest absolute Gasteiger partial charge is 0.325 e. The predicted molar refractivity (Wildman–Crippen MR) is 72.6 cm³/mol. The highest BCUT2D eigenvalue weighted by Gasteiger charge is 2.28. The number of rotatable bonds is 2. The summed E-state index contributed by atoms with van der Waals surface area (Å²) in [7, 11) is 0. The number of pyridine rings is 1. The molecule has 3 rings (SSSR count). The van der Waals surface area contributed by atoms with Gasteiger partial charge in [-0.05, 0) is 45.2 Å². The van der Waals surface area contributed by atoms with Gasteiger partial charge in [0.25, 0.3) is 0 Å². The lowest BCUT2D eigenvalue weighted by Gasteiger charge is -2.35. The molecule has 2 atom stereocenters. The normalized spacial score (nSPS) is 25.7. The summed E-state index contributed by atoms with van der Waals surface area (Å²) in [6, 6.07) is 7.70. The molecule has 2 aromatic heterocycles. The van der Waals surface area contributed by atoms with E-state index in [2.05, 4.69) is 42.8 Å². The van der Waals surface area contributed by atoms with Crippen molar-refractivity contribution in [3.05, 3.63) is 36.3 Å². The van der Waals surface area contributed by atoms with Crippen molar-refractivity contribution in [2.24, 2.45) is 0 Å². The van der Waals surface area contributed by atoms with Gasteiger partial charge in [0.2, 0.25) is 0 Å². The fourth-order valence-corrected chi connectivity index (χ4v) is 3.22. The highest BCUT2D eigenvalue weighted by atomic mass is 15.2. The van der Waals surface area contributed by atoms with Gasteiger partial charge in [0.15, 0.2) is 0 Å². The Bertz CT molecular complexity index is 488. The SMILES string of the molecule is C[C@H]1CCC[C@H](C)[NH+]1Cc1cn2ccccc2n1. The van der Waals surface area contributed by atoms with Crippen LogP contribution in [0.2, 0.25) is 0 Å². The van der Waals surface area contributed by atoms with Gasteiger partial charge in [-0.3, -0.25) is 0 Å². The molecule has 0 saturated carbocycles. The van der Waals surface area contributed by atoms with E-state index in [1.807, 2.05) is 6.07 Å². The topological polar surface area (TPSA) is 21.7 Å². The third-order valence-corrected chi connectivity index (χ3v) is 4.34. The first-order valence-electron chi connectivity index (χ1n) is 7.02. The fraction of sp³-hybridized carbons (Fsp3) is 0.533. The number of nitrogens with one attached hydrogen (secondary N) is 1. The molecule has 0 unspecified atom stereocenters. The van der Waals surface area contributed by atoms with Crippen molar-refractivity contribution < 1.29 is 4.90 Å². The maximum atomic E-state index is 4.72.